The van der Waals surface area contributed by atoms with Crippen LogP contribution in [0.4, 0.5) is 0 Å². The number of benzene rings is 2. The standard InChI is InChI=1S/C25H26N4O2S/c1-17-13-22(18(2)29(17)15-19-9-6-5-7-10-19)23(30)16-32-25-27-26-24(28(25)3)20-11-8-12-21(14-20)31-4/h5-14H,15-16H2,1-4H3. The Balaban J connectivity index is 1.48. The van der Waals surface area contributed by atoms with Gasteiger partial charge < -0.3 is 13.9 Å². The van der Waals surface area contributed by atoms with Crippen molar-refractivity contribution in [3.63, 3.8) is 0 Å². The van der Waals surface area contributed by atoms with Gasteiger partial charge in [-0.05, 0) is 37.6 Å². The zero-order valence-corrected chi connectivity index (χ0v) is 19.5. The van der Waals surface area contributed by atoms with Gasteiger partial charge in [0.2, 0.25) is 0 Å². The van der Waals surface area contributed by atoms with Crippen molar-refractivity contribution in [2.75, 3.05) is 12.9 Å². The molecule has 7 heteroatoms. The third-order valence-electron chi connectivity index (χ3n) is 5.55. The van der Waals surface area contributed by atoms with Gasteiger partial charge >= 0.3 is 0 Å². The first kappa shape index (κ1) is 21.9. The van der Waals surface area contributed by atoms with Gasteiger partial charge in [-0.3, -0.25) is 4.79 Å². The van der Waals surface area contributed by atoms with Gasteiger partial charge in [-0.15, -0.1) is 10.2 Å². The average Bonchev–Trinajstić information content (AvgIpc) is 3.32. The Morgan fingerprint density at radius 3 is 2.56 bits per heavy atom. The van der Waals surface area contributed by atoms with Gasteiger partial charge in [-0.2, -0.15) is 0 Å². The Morgan fingerprint density at radius 1 is 1.03 bits per heavy atom. The van der Waals surface area contributed by atoms with E-state index in [0.29, 0.717) is 10.9 Å². The number of aryl methyl sites for hydroxylation is 1. The molecule has 0 amide bonds. The number of ether oxygens (including phenoxy) is 1. The summed E-state index contributed by atoms with van der Waals surface area (Å²) in [6, 6.07) is 20.0. The van der Waals surface area contributed by atoms with Crippen LogP contribution >= 0.6 is 11.8 Å². The van der Waals surface area contributed by atoms with Crippen LogP contribution in [0.5, 0.6) is 5.75 Å². The van der Waals surface area contributed by atoms with Crippen molar-refractivity contribution in [3.8, 4) is 17.1 Å². The Morgan fingerprint density at radius 2 is 1.81 bits per heavy atom. The fraction of sp³-hybridized carbons (Fsp3) is 0.240. The Labute approximate surface area is 192 Å². The quantitative estimate of drug-likeness (QED) is 0.284. The summed E-state index contributed by atoms with van der Waals surface area (Å²) in [6.07, 6.45) is 0. The van der Waals surface area contributed by atoms with E-state index in [1.807, 2.05) is 74.0 Å². The molecular weight excluding hydrogens is 420 g/mol. The highest BCUT2D eigenvalue weighted by atomic mass is 32.2. The molecule has 0 saturated carbocycles. The summed E-state index contributed by atoms with van der Waals surface area (Å²) in [5.41, 5.74) is 4.97. The fourth-order valence-corrected chi connectivity index (χ4v) is 4.55. The molecule has 0 aliphatic rings. The lowest BCUT2D eigenvalue weighted by molar-refractivity contribution is 0.102. The third-order valence-corrected chi connectivity index (χ3v) is 6.57. The number of rotatable bonds is 8. The monoisotopic (exact) mass is 446 g/mol. The molecule has 0 radical (unpaired) electrons. The van der Waals surface area contributed by atoms with E-state index in [2.05, 4.69) is 26.9 Å². The maximum Gasteiger partial charge on any atom is 0.191 e. The van der Waals surface area contributed by atoms with Gasteiger partial charge in [-0.25, -0.2) is 0 Å². The minimum Gasteiger partial charge on any atom is -0.497 e. The predicted molar refractivity (Wildman–Crippen MR) is 127 cm³/mol. The van der Waals surface area contributed by atoms with E-state index in [0.717, 1.165) is 40.6 Å². The molecule has 4 aromatic rings. The van der Waals surface area contributed by atoms with E-state index in [4.69, 9.17) is 4.74 Å². The van der Waals surface area contributed by atoms with Crippen molar-refractivity contribution in [2.24, 2.45) is 7.05 Å². The molecule has 0 saturated heterocycles. The summed E-state index contributed by atoms with van der Waals surface area (Å²) in [5.74, 6) is 1.90. The number of carbonyl (C=O) groups excluding carboxylic acids is 1. The number of Topliss-reactive ketones (excluding diaryl/α,β-unsaturated/α-hetero) is 1. The number of thioether (sulfide) groups is 1. The lowest BCUT2D eigenvalue weighted by Crippen LogP contribution is -2.08. The van der Waals surface area contributed by atoms with Crippen LogP contribution < -0.4 is 4.74 Å². The fourth-order valence-electron chi connectivity index (χ4n) is 3.75. The molecule has 32 heavy (non-hydrogen) atoms. The van der Waals surface area contributed by atoms with E-state index in [9.17, 15) is 4.79 Å². The molecule has 2 aromatic heterocycles. The minimum absolute atomic E-state index is 0.0911. The first-order chi connectivity index (χ1) is 15.5. The van der Waals surface area contributed by atoms with Gasteiger partial charge in [0.05, 0.1) is 12.9 Å². The molecule has 4 rings (SSSR count). The van der Waals surface area contributed by atoms with Gasteiger partial charge in [0, 0.05) is 36.1 Å². The summed E-state index contributed by atoms with van der Waals surface area (Å²) >= 11 is 1.40. The van der Waals surface area contributed by atoms with E-state index in [1.54, 1.807) is 7.11 Å². The Kier molecular flexibility index (Phi) is 6.46. The number of nitrogens with zero attached hydrogens (tertiary/aromatic N) is 4. The molecule has 6 nitrogen and oxygen atoms in total. The van der Waals surface area contributed by atoms with Crippen molar-refractivity contribution < 1.29 is 9.53 Å². The summed E-state index contributed by atoms with van der Waals surface area (Å²) in [5, 5.41) is 9.31. The minimum atomic E-state index is 0.0911. The predicted octanol–water partition coefficient (Wildman–Crippen LogP) is 4.93. The van der Waals surface area contributed by atoms with Crippen LogP contribution in [0.3, 0.4) is 0 Å². The SMILES string of the molecule is COc1cccc(-c2nnc(SCC(=O)c3cc(C)n(Cc4ccccc4)c3C)n2C)c1. The van der Waals surface area contributed by atoms with Gasteiger partial charge in [-0.1, -0.05) is 54.2 Å². The lowest BCUT2D eigenvalue weighted by Gasteiger charge is -2.10. The first-order valence-corrected chi connectivity index (χ1v) is 11.4. The Hall–Kier alpha value is -3.32. The maximum absolute atomic E-state index is 13.0. The summed E-state index contributed by atoms with van der Waals surface area (Å²) in [7, 11) is 3.55. The zero-order chi connectivity index (χ0) is 22.7. The molecule has 2 aromatic carbocycles. The van der Waals surface area contributed by atoms with E-state index >= 15 is 0 Å². The lowest BCUT2D eigenvalue weighted by atomic mass is 10.2. The summed E-state index contributed by atoms with van der Waals surface area (Å²) < 4.78 is 9.40. The molecule has 0 unspecified atom stereocenters. The number of aromatic nitrogens is 4. The van der Waals surface area contributed by atoms with Crippen LogP contribution in [-0.4, -0.2) is 38.0 Å². The van der Waals surface area contributed by atoms with Gasteiger partial charge in [0.1, 0.15) is 5.75 Å². The number of hydrogen-bond donors (Lipinski definition) is 0. The average molecular weight is 447 g/mol. The van der Waals surface area contributed by atoms with Crippen molar-refractivity contribution in [1.82, 2.24) is 19.3 Å². The highest BCUT2D eigenvalue weighted by molar-refractivity contribution is 7.99. The van der Waals surface area contributed by atoms with Crippen LogP contribution in [0.25, 0.3) is 11.4 Å². The molecule has 0 fully saturated rings. The van der Waals surface area contributed by atoms with E-state index < -0.39 is 0 Å². The van der Waals surface area contributed by atoms with Gasteiger partial charge in [0.15, 0.2) is 16.8 Å². The van der Waals surface area contributed by atoms with Crippen molar-refractivity contribution in [1.29, 1.82) is 0 Å². The second-order valence-corrected chi connectivity index (χ2v) is 8.61. The Bertz CT molecular complexity index is 1240. The number of carbonyl (C=O) groups is 1. The first-order valence-electron chi connectivity index (χ1n) is 10.4. The summed E-state index contributed by atoms with van der Waals surface area (Å²) in [6.45, 7) is 4.81. The van der Waals surface area contributed by atoms with Crippen LogP contribution in [0.1, 0.15) is 27.3 Å². The highest BCUT2D eigenvalue weighted by Gasteiger charge is 2.18. The molecule has 0 aliphatic heterocycles. The van der Waals surface area contributed by atoms with Crippen LogP contribution in [0.2, 0.25) is 0 Å². The molecular formula is C25H26N4O2S. The molecule has 0 N–H and O–H groups in total. The van der Waals surface area contributed by atoms with Crippen LogP contribution in [-0.2, 0) is 13.6 Å². The van der Waals surface area contributed by atoms with Crippen molar-refractivity contribution in [2.45, 2.75) is 25.5 Å². The third kappa shape index (κ3) is 4.48. The van der Waals surface area contributed by atoms with E-state index in [-0.39, 0.29) is 5.78 Å². The number of ketones is 1. The largest absolute Gasteiger partial charge is 0.497 e. The zero-order valence-electron chi connectivity index (χ0n) is 18.7. The summed E-state index contributed by atoms with van der Waals surface area (Å²) in [4.78, 5) is 13.0. The molecule has 0 atom stereocenters. The van der Waals surface area contributed by atoms with Crippen LogP contribution in [0.15, 0.2) is 65.8 Å². The smallest absolute Gasteiger partial charge is 0.191 e. The maximum atomic E-state index is 13.0. The second kappa shape index (κ2) is 9.44. The van der Waals surface area contributed by atoms with Crippen molar-refractivity contribution >= 4 is 17.5 Å². The number of methoxy groups -OCH3 is 1. The molecule has 0 aliphatic carbocycles. The molecule has 2 heterocycles. The van der Waals surface area contributed by atoms with Crippen LogP contribution in [0, 0.1) is 13.8 Å². The molecule has 0 spiro atoms. The second-order valence-electron chi connectivity index (χ2n) is 7.67. The van der Waals surface area contributed by atoms with Gasteiger partial charge in [0.25, 0.3) is 0 Å². The topological polar surface area (TPSA) is 61.9 Å². The molecule has 0 bridgehead atoms. The van der Waals surface area contributed by atoms with E-state index in [1.165, 1.54) is 17.3 Å². The highest BCUT2D eigenvalue weighted by Crippen LogP contribution is 2.26. The normalized spacial score (nSPS) is 11.0. The number of hydrogen-bond acceptors (Lipinski definition) is 5. The molecule has 164 valence electrons. The van der Waals surface area contributed by atoms with Crippen molar-refractivity contribution in [3.05, 3.63) is 83.2 Å².